The van der Waals surface area contributed by atoms with E-state index < -0.39 is 24.0 Å². The molecule has 0 aliphatic heterocycles. The van der Waals surface area contributed by atoms with E-state index in [-0.39, 0.29) is 12.0 Å². The molecule has 1 amide bonds. The van der Waals surface area contributed by atoms with E-state index >= 15 is 0 Å². The first kappa shape index (κ1) is 23.7. The number of para-hydroxylation sites is 1. The van der Waals surface area contributed by atoms with Crippen LogP contribution in [0.4, 0.5) is 0 Å². The molecule has 0 unspecified atom stereocenters. The Kier molecular flexibility index (Phi) is 6.26. The zero-order chi connectivity index (χ0) is 25.4. The number of hydrogen-bond acceptors (Lipinski definition) is 5. The van der Waals surface area contributed by atoms with Crippen LogP contribution in [0.1, 0.15) is 42.0 Å². The van der Waals surface area contributed by atoms with Crippen molar-refractivity contribution in [2.24, 2.45) is 0 Å². The monoisotopic (exact) mass is 488 g/mol. The summed E-state index contributed by atoms with van der Waals surface area (Å²) in [5.74, 6) is -1.21. The fourth-order valence-electron chi connectivity index (χ4n) is 5.01. The number of hydrogen-bond donors (Lipinski definition) is 3. The Morgan fingerprint density at radius 1 is 1.17 bits per heavy atom. The first-order chi connectivity index (χ1) is 17.3. The van der Waals surface area contributed by atoms with Crippen LogP contribution >= 0.6 is 0 Å². The summed E-state index contributed by atoms with van der Waals surface area (Å²) in [4.78, 5) is 40.6. The van der Waals surface area contributed by atoms with Gasteiger partial charge in [0.2, 0.25) is 0 Å². The number of H-pyrrole nitrogens is 1. The van der Waals surface area contributed by atoms with Gasteiger partial charge >= 0.3 is 11.6 Å². The Morgan fingerprint density at radius 3 is 2.69 bits per heavy atom. The van der Waals surface area contributed by atoms with Crippen molar-refractivity contribution in [2.75, 3.05) is 0 Å². The molecule has 0 spiro atoms. The van der Waals surface area contributed by atoms with Crippen molar-refractivity contribution in [1.82, 2.24) is 10.3 Å². The largest absolute Gasteiger partial charge is 0.480 e. The summed E-state index contributed by atoms with van der Waals surface area (Å²) < 4.78 is 11.7. The minimum atomic E-state index is -1.13. The Hall–Kier alpha value is -4.07. The highest BCUT2D eigenvalue weighted by Crippen LogP contribution is 2.35. The number of amides is 1. The number of benzene rings is 2. The van der Waals surface area contributed by atoms with Crippen LogP contribution in [0.25, 0.3) is 21.9 Å². The number of carboxylic acid groups (broad SMARTS) is 1. The number of aromatic amines is 1. The van der Waals surface area contributed by atoms with E-state index in [1.54, 1.807) is 19.2 Å². The third-order valence-corrected chi connectivity index (χ3v) is 6.82. The van der Waals surface area contributed by atoms with Gasteiger partial charge in [0, 0.05) is 29.1 Å². The number of aromatic nitrogens is 1. The Labute approximate surface area is 207 Å². The van der Waals surface area contributed by atoms with Crippen LogP contribution in [-0.4, -0.2) is 34.1 Å². The zero-order valence-corrected chi connectivity index (χ0v) is 20.2. The SMILES string of the molecule is Cc1cc(O[C@H](C)C(=O)N[C@@H](Cc2c[nH]c3ccccc23)C(=O)O)c2c3c(c(=O)oc2c1)CCCC3. The van der Waals surface area contributed by atoms with Crippen molar-refractivity contribution >= 4 is 33.7 Å². The number of aliphatic carboxylic acids is 1. The highest BCUT2D eigenvalue weighted by atomic mass is 16.5. The molecule has 8 heteroatoms. The van der Waals surface area contributed by atoms with E-state index in [9.17, 15) is 19.5 Å². The standard InChI is InChI=1S/C28H28N2O6/c1-15-11-23(25-19-8-3-4-9-20(19)28(34)36-24(25)12-15)35-16(2)26(31)30-22(27(32)33)13-17-14-29-21-10-6-5-7-18(17)21/h5-7,10-12,14,16,22,29H,3-4,8-9,13H2,1-2H3,(H,30,31)(H,32,33)/t16-,22+/m1/s1. The molecule has 8 nitrogen and oxygen atoms in total. The third-order valence-electron chi connectivity index (χ3n) is 6.82. The predicted molar refractivity (Wildman–Crippen MR) is 136 cm³/mol. The summed E-state index contributed by atoms with van der Waals surface area (Å²) in [7, 11) is 0. The van der Waals surface area contributed by atoms with Gasteiger partial charge in [0.05, 0.1) is 5.39 Å². The first-order valence-electron chi connectivity index (χ1n) is 12.2. The molecule has 1 aliphatic rings. The van der Waals surface area contributed by atoms with Gasteiger partial charge in [-0.2, -0.15) is 0 Å². The summed E-state index contributed by atoms with van der Waals surface area (Å²) in [5, 5.41) is 14.0. The van der Waals surface area contributed by atoms with E-state index in [1.807, 2.05) is 37.3 Å². The van der Waals surface area contributed by atoms with E-state index in [0.717, 1.165) is 46.9 Å². The molecule has 36 heavy (non-hydrogen) atoms. The van der Waals surface area contributed by atoms with Crippen molar-refractivity contribution in [2.45, 2.75) is 58.1 Å². The van der Waals surface area contributed by atoms with Crippen LogP contribution in [0.15, 0.2) is 51.8 Å². The Morgan fingerprint density at radius 2 is 1.92 bits per heavy atom. The van der Waals surface area contributed by atoms with Gasteiger partial charge in [0.1, 0.15) is 17.4 Å². The molecule has 2 atom stereocenters. The molecule has 0 radical (unpaired) electrons. The first-order valence-corrected chi connectivity index (χ1v) is 12.2. The highest BCUT2D eigenvalue weighted by molar-refractivity contribution is 5.91. The fraction of sp³-hybridized carbons (Fsp3) is 0.321. The maximum Gasteiger partial charge on any atom is 0.339 e. The van der Waals surface area contributed by atoms with Crippen LogP contribution in [-0.2, 0) is 28.9 Å². The maximum atomic E-state index is 13.0. The molecule has 5 rings (SSSR count). The molecule has 2 heterocycles. The predicted octanol–water partition coefficient (Wildman–Crippen LogP) is 4.04. The van der Waals surface area contributed by atoms with Crippen molar-refractivity contribution < 1.29 is 23.8 Å². The molecule has 0 bridgehead atoms. The lowest BCUT2D eigenvalue weighted by atomic mass is 9.90. The zero-order valence-electron chi connectivity index (χ0n) is 20.2. The normalized spacial score (nSPS) is 14.8. The number of ether oxygens (including phenoxy) is 1. The number of fused-ring (bicyclic) bond motifs is 4. The second kappa shape index (κ2) is 9.53. The van der Waals surface area contributed by atoms with E-state index in [2.05, 4.69) is 10.3 Å². The van der Waals surface area contributed by atoms with Crippen molar-refractivity contribution in [3.8, 4) is 5.75 Å². The van der Waals surface area contributed by atoms with Gasteiger partial charge in [-0.25, -0.2) is 9.59 Å². The molecule has 1 aliphatic carbocycles. The molecule has 0 fully saturated rings. The number of carboxylic acids is 1. The summed E-state index contributed by atoms with van der Waals surface area (Å²) in [6.45, 7) is 3.44. The minimum Gasteiger partial charge on any atom is -0.480 e. The molecule has 2 aromatic carbocycles. The van der Waals surface area contributed by atoms with Crippen LogP contribution in [0.5, 0.6) is 5.75 Å². The number of aryl methyl sites for hydroxylation is 2. The smallest absolute Gasteiger partial charge is 0.339 e. The van der Waals surface area contributed by atoms with Crippen LogP contribution < -0.4 is 15.7 Å². The second-order valence-electron chi connectivity index (χ2n) is 9.41. The second-order valence-corrected chi connectivity index (χ2v) is 9.41. The molecule has 2 aromatic heterocycles. The molecule has 0 saturated carbocycles. The average Bonchev–Trinajstić information content (AvgIpc) is 3.26. The van der Waals surface area contributed by atoms with Gasteiger partial charge in [-0.1, -0.05) is 18.2 Å². The van der Waals surface area contributed by atoms with Gasteiger partial charge < -0.3 is 24.6 Å². The Balaban J connectivity index is 1.39. The summed E-state index contributed by atoms with van der Waals surface area (Å²) in [6, 6.07) is 10.1. The molecule has 4 aromatic rings. The molecule has 0 saturated heterocycles. The van der Waals surface area contributed by atoms with Gasteiger partial charge in [0.15, 0.2) is 6.10 Å². The van der Waals surface area contributed by atoms with Gasteiger partial charge in [0.25, 0.3) is 5.91 Å². The van der Waals surface area contributed by atoms with Crippen LogP contribution in [0.2, 0.25) is 0 Å². The van der Waals surface area contributed by atoms with Gasteiger partial charge in [-0.15, -0.1) is 0 Å². The number of rotatable bonds is 7. The topological polar surface area (TPSA) is 122 Å². The summed E-state index contributed by atoms with van der Waals surface area (Å²) in [5.41, 5.74) is 4.24. The fourth-order valence-corrected chi connectivity index (χ4v) is 5.01. The number of nitrogens with one attached hydrogen (secondary N) is 2. The van der Waals surface area contributed by atoms with E-state index in [1.165, 1.54) is 0 Å². The van der Waals surface area contributed by atoms with Crippen molar-refractivity contribution in [3.63, 3.8) is 0 Å². The van der Waals surface area contributed by atoms with Gasteiger partial charge in [-0.05, 0) is 74.4 Å². The summed E-state index contributed by atoms with van der Waals surface area (Å²) in [6.07, 6.45) is 4.21. The van der Waals surface area contributed by atoms with E-state index in [4.69, 9.17) is 9.15 Å². The molecular formula is C28H28N2O6. The summed E-state index contributed by atoms with van der Waals surface area (Å²) >= 11 is 0. The number of carbonyl (C=O) groups is 2. The maximum absolute atomic E-state index is 13.0. The van der Waals surface area contributed by atoms with E-state index in [0.29, 0.717) is 28.7 Å². The number of carbonyl (C=O) groups excluding carboxylic acids is 1. The third kappa shape index (κ3) is 4.46. The van der Waals surface area contributed by atoms with Crippen LogP contribution in [0.3, 0.4) is 0 Å². The lowest BCUT2D eigenvalue weighted by Crippen LogP contribution is -2.47. The lowest BCUT2D eigenvalue weighted by Gasteiger charge is -2.22. The quantitative estimate of drug-likeness (QED) is 0.338. The van der Waals surface area contributed by atoms with Crippen LogP contribution in [0, 0.1) is 6.92 Å². The minimum absolute atomic E-state index is 0.129. The van der Waals surface area contributed by atoms with Gasteiger partial charge in [-0.3, -0.25) is 4.79 Å². The molecular weight excluding hydrogens is 460 g/mol. The van der Waals surface area contributed by atoms with Crippen molar-refractivity contribution in [1.29, 1.82) is 0 Å². The molecule has 3 N–H and O–H groups in total. The highest BCUT2D eigenvalue weighted by Gasteiger charge is 2.27. The Bertz CT molecular complexity index is 1530. The average molecular weight is 489 g/mol. The lowest BCUT2D eigenvalue weighted by molar-refractivity contribution is -0.142. The van der Waals surface area contributed by atoms with Crippen molar-refractivity contribution in [3.05, 3.63) is 75.3 Å². The molecule has 186 valence electrons.